The van der Waals surface area contributed by atoms with Gasteiger partial charge in [-0.2, -0.15) is 0 Å². The number of hydrogen-bond acceptors (Lipinski definition) is 4. The number of nitrogens with one attached hydrogen (secondary N) is 1. The topological polar surface area (TPSA) is 50.8 Å². The molecule has 0 aliphatic carbocycles. The molecule has 0 saturated heterocycles. The molecule has 1 atom stereocenters. The molecule has 0 unspecified atom stereocenters. The molecule has 4 aromatic carbocycles. The van der Waals surface area contributed by atoms with Gasteiger partial charge in [0.2, 0.25) is 12.7 Å². The summed E-state index contributed by atoms with van der Waals surface area (Å²) in [5, 5.41) is 3.17. The number of ether oxygens (including phenoxy) is 2. The van der Waals surface area contributed by atoms with Gasteiger partial charge in [-0.3, -0.25) is 9.69 Å². The number of amides is 1. The SMILES string of the molecule is CC(C)c1ccc(NC(=O)[C@H](c2ccc3c(c2)OCO3)N(Cc2ccccc2)Cc2ccccc2)cc1. The van der Waals surface area contributed by atoms with Gasteiger partial charge in [-0.15, -0.1) is 0 Å². The maximum Gasteiger partial charge on any atom is 0.246 e. The molecule has 0 bridgehead atoms. The molecule has 5 rings (SSSR count). The Hall–Kier alpha value is -4.09. The van der Waals surface area contributed by atoms with Gasteiger partial charge in [-0.1, -0.05) is 92.7 Å². The van der Waals surface area contributed by atoms with Crippen LogP contribution in [0.25, 0.3) is 0 Å². The fraction of sp³-hybridized carbons (Fsp3) is 0.219. The number of anilines is 1. The first-order valence-electron chi connectivity index (χ1n) is 12.7. The maximum absolute atomic E-state index is 14.0. The Kier molecular flexibility index (Phi) is 7.52. The van der Waals surface area contributed by atoms with Gasteiger partial charge in [-0.25, -0.2) is 0 Å². The van der Waals surface area contributed by atoms with E-state index in [1.807, 2.05) is 66.7 Å². The van der Waals surface area contributed by atoms with E-state index in [0.717, 1.165) is 22.4 Å². The molecule has 1 heterocycles. The van der Waals surface area contributed by atoms with Gasteiger partial charge < -0.3 is 14.8 Å². The van der Waals surface area contributed by atoms with Crippen LogP contribution in [-0.4, -0.2) is 17.6 Å². The predicted octanol–water partition coefficient (Wildman–Crippen LogP) is 6.92. The first kappa shape index (κ1) is 24.6. The maximum atomic E-state index is 14.0. The summed E-state index contributed by atoms with van der Waals surface area (Å²) in [4.78, 5) is 16.2. The number of carbonyl (C=O) groups is 1. The normalized spacial score (nSPS) is 13.1. The number of nitrogens with zero attached hydrogens (tertiary/aromatic N) is 1. The second-order valence-corrected chi connectivity index (χ2v) is 9.66. The molecule has 0 saturated carbocycles. The van der Waals surface area contributed by atoms with E-state index in [-0.39, 0.29) is 12.7 Å². The van der Waals surface area contributed by atoms with E-state index >= 15 is 0 Å². The molecule has 0 spiro atoms. The van der Waals surface area contributed by atoms with Crippen LogP contribution < -0.4 is 14.8 Å². The van der Waals surface area contributed by atoms with E-state index in [4.69, 9.17) is 9.47 Å². The van der Waals surface area contributed by atoms with Crippen molar-refractivity contribution in [1.29, 1.82) is 0 Å². The minimum absolute atomic E-state index is 0.0944. The first-order chi connectivity index (χ1) is 18.1. The summed E-state index contributed by atoms with van der Waals surface area (Å²) < 4.78 is 11.2. The summed E-state index contributed by atoms with van der Waals surface area (Å²) in [6.45, 7) is 5.72. The monoisotopic (exact) mass is 492 g/mol. The molecule has 0 aromatic heterocycles. The Morgan fingerprint density at radius 1 is 0.757 bits per heavy atom. The Bertz CT molecular complexity index is 1280. The quantitative estimate of drug-likeness (QED) is 0.276. The van der Waals surface area contributed by atoms with Gasteiger partial charge in [0.05, 0.1) is 0 Å². The molecule has 5 nitrogen and oxygen atoms in total. The van der Waals surface area contributed by atoms with Crippen LogP contribution in [0.2, 0.25) is 0 Å². The third-order valence-electron chi connectivity index (χ3n) is 6.63. The van der Waals surface area contributed by atoms with Crippen LogP contribution in [0.1, 0.15) is 48.1 Å². The van der Waals surface area contributed by atoms with Crippen molar-refractivity contribution < 1.29 is 14.3 Å². The summed E-state index contributed by atoms with van der Waals surface area (Å²) in [5.41, 5.74) is 5.14. The minimum Gasteiger partial charge on any atom is -0.454 e. The van der Waals surface area contributed by atoms with Gasteiger partial charge in [0.25, 0.3) is 0 Å². The predicted molar refractivity (Wildman–Crippen MR) is 147 cm³/mol. The van der Waals surface area contributed by atoms with Crippen molar-refractivity contribution in [2.75, 3.05) is 12.1 Å². The van der Waals surface area contributed by atoms with Crippen molar-refractivity contribution >= 4 is 11.6 Å². The van der Waals surface area contributed by atoms with Crippen molar-refractivity contribution in [3.05, 3.63) is 125 Å². The smallest absolute Gasteiger partial charge is 0.246 e. The minimum atomic E-state index is -0.556. The molecule has 5 heteroatoms. The van der Waals surface area contributed by atoms with E-state index in [9.17, 15) is 4.79 Å². The van der Waals surface area contributed by atoms with Crippen molar-refractivity contribution in [2.24, 2.45) is 0 Å². The standard InChI is InChI=1S/C32H32N2O3/c1-23(2)26-13-16-28(17-14-26)33-32(35)31(27-15-18-29-30(19-27)37-22-36-29)34(20-24-9-5-3-6-10-24)21-25-11-7-4-8-12-25/h3-19,23,31H,20-22H2,1-2H3,(H,33,35)/t31-/m0/s1. The van der Waals surface area contributed by atoms with Gasteiger partial charge >= 0.3 is 0 Å². The summed E-state index contributed by atoms with van der Waals surface area (Å²) in [5.74, 6) is 1.70. The second-order valence-electron chi connectivity index (χ2n) is 9.66. The number of benzene rings is 4. The van der Waals surface area contributed by atoms with E-state index in [1.54, 1.807) is 0 Å². The van der Waals surface area contributed by atoms with Crippen molar-refractivity contribution in [2.45, 2.75) is 38.9 Å². The number of rotatable bonds is 9. The molecule has 1 amide bonds. The van der Waals surface area contributed by atoms with Gasteiger partial charge in [-0.05, 0) is 52.4 Å². The number of fused-ring (bicyclic) bond motifs is 1. The zero-order valence-electron chi connectivity index (χ0n) is 21.3. The lowest BCUT2D eigenvalue weighted by Crippen LogP contribution is -2.36. The lowest BCUT2D eigenvalue weighted by Gasteiger charge is -2.31. The lowest BCUT2D eigenvalue weighted by molar-refractivity contribution is -0.122. The van der Waals surface area contributed by atoms with Crippen LogP contribution in [0.5, 0.6) is 11.5 Å². The van der Waals surface area contributed by atoms with Crippen LogP contribution in [0.4, 0.5) is 5.69 Å². The van der Waals surface area contributed by atoms with E-state index in [2.05, 4.69) is 60.5 Å². The first-order valence-corrected chi connectivity index (χ1v) is 12.7. The van der Waals surface area contributed by atoms with Crippen molar-refractivity contribution in [1.82, 2.24) is 4.90 Å². The summed E-state index contributed by atoms with van der Waals surface area (Å²) >= 11 is 0. The molecule has 1 N–H and O–H groups in total. The van der Waals surface area contributed by atoms with Crippen LogP contribution in [0.15, 0.2) is 103 Å². The van der Waals surface area contributed by atoms with Gasteiger partial charge in [0.15, 0.2) is 11.5 Å². The zero-order chi connectivity index (χ0) is 25.6. The summed E-state index contributed by atoms with van der Waals surface area (Å²) in [7, 11) is 0. The third kappa shape index (κ3) is 6.01. The highest BCUT2D eigenvalue weighted by Crippen LogP contribution is 2.37. The van der Waals surface area contributed by atoms with Crippen LogP contribution in [-0.2, 0) is 17.9 Å². The van der Waals surface area contributed by atoms with Crippen molar-refractivity contribution in [3.63, 3.8) is 0 Å². The molecule has 37 heavy (non-hydrogen) atoms. The van der Waals surface area contributed by atoms with E-state index in [0.29, 0.717) is 30.5 Å². The molecular weight excluding hydrogens is 460 g/mol. The Morgan fingerprint density at radius 3 is 1.92 bits per heavy atom. The Balaban J connectivity index is 1.52. The average Bonchev–Trinajstić information content (AvgIpc) is 3.38. The molecule has 1 aliphatic rings. The molecule has 1 aliphatic heterocycles. The van der Waals surface area contributed by atoms with Crippen LogP contribution in [0.3, 0.4) is 0 Å². The Labute approximate surface area is 218 Å². The highest BCUT2D eigenvalue weighted by molar-refractivity contribution is 5.95. The fourth-order valence-corrected chi connectivity index (χ4v) is 4.65. The molecular formula is C32H32N2O3. The molecule has 0 radical (unpaired) electrons. The highest BCUT2D eigenvalue weighted by atomic mass is 16.7. The van der Waals surface area contributed by atoms with Gasteiger partial charge in [0.1, 0.15) is 6.04 Å². The third-order valence-corrected chi connectivity index (χ3v) is 6.63. The Morgan fingerprint density at radius 2 is 1.32 bits per heavy atom. The van der Waals surface area contributed by atoms with E-state index in [1.165, 1.54) is 5.56 Å². The second kappa shape index (κ2) is 11.3. The van der Waals surface area contributed by atoms with Crippen LogP contribution >= 0.6 is 0 Å². The fourth-order valence-electron chi connectivity index (χ4n) is 4.65. The summed E-state index contributed by atoms with van der Waals surface area (Å²) in [6, 6.07) is 33.8. The largest absolute Gasteiger partial charge is 0.454 e. The lowest BCUT2D eigenvalue weighted by atomic mass is 10.0. The van der Waals surface area contributed by atoms with Gasteiger partial charge in [0, 0.05) is 18.8 Å². The van der Waals surface area contributed by atoms with E-state index < -0.39 is 6.04 Å². The van der Waals surface area contributed by atoms with Crippen LogP contribution in [0, 0.1) is 0 Å². The zero-order valence-corrected chi connectivity index (χ0v) is 21.3. The highest BCUT2D eigenvalue weighted by Gasteiger charge is 2.30. The number of carbonyl (C=O) groups excluding carboxylic acids is 1. The molecule has 188 valence electrons. The number of hydrogen-bond donors (Lipinski definition) is 1. The molecule has 0 fully saturated rings. The molecule has 4 aromatic rings. The average molecular weight is 493 g/mol. The van der Waals surface area contributed by atoms with Crippen molar-refractivity contribution in [3.8, 4) is 11.5 Å². The summed E-state index contributed by atoms with van der Waals surface area (Å²) in [6.07, 6.45) is 0.